The number of piperazine rings is 1. The number of likely N-dealkylation sites (N-methyl/N-ethyl adjacent to an activating group) is 1. The number of H-pyrrole nitrogens is 1. The summed E-state index contributed by atoms with van der Waals surface area (Å²) in [5, 5.41) is 9.78. The molecular formula is C20H19ClN4O4. The van der Waals surface area contributed by atoms with E-state index < -0.39 is 17.2 Å². The normalized spacial score (nSPS) is 15.0. The van der Waals surface area contributed by atoms with Crippen molar-refractivity contribution in [1.29, 1.82) is 0 Å². The third kappa shape index (κ3) is 3.52. The Morgan fingerprint density at radius 2 is 1.76 bits per heavy atom. The first-order chi connectivity index (χ1) is 13.8. The second-order valence-electron chi connectivity index (χ2n) is 7.06. The van der Waals surface area contributed by atoms with E-state index in [1.807, 2.05) is 13.1 Å². The van der Waals surface area contributed by atoms with Crippen molar-refractivity contribution in [2.75, 3.05) is 38.1 Å². The summed E-state index contributed by atoms with van der Waals surface area (Å²) in [7, 11) is 2.05. The molecule has 1 fully saturated rings. The lowest BCUT2D eigenvalue weighted by atomic mass is 10.1. The summed E-state index contributed by atoms with van der Waals surface area (Å²) in [5.74, 6) is -1.14. The number of aromatic carboxylic acids is 1. The Balaban J connectivity index is 1.92. The van der Waals surface area contributed by atoms with Crippen LogP contribution < -0.4 is 16.1 Å². The fourth-order valence-electron chi connectivity index (χ4n) is 3.56. The lowest BCUT2D eigenvalue weighted by Crippen LogP contribution is -2.45. The highest BCUT2D eigenvalue weighted by Gasteiger charge is 2.21. The number of carbonyl (C=O) groups is 1. The quantitative estimate of drug-likeness (QED) is 0.678. The third-order valence-corrected chi connectivity index (χ3v) is 5.40. The van der Waals surface area contributed by atoms with Gasteiger partial charge in [-0.05, 0) is 43.4 Å². The second-order valence-corrected chi connectivity index (χ2v) is 7.50. The Bertz CT molecular complexity index is 1230. The van der Waals surface area contributed by atoms with Gasteiger partial charge >= 0.3 is 11.7 Å². The van der Waals surface area contributed by atoms with Crippen LogP contribution in [0.2, 0.25) is 5.02 Å². The van der Waals surface area contributed by atoms with Gasteiger partial charge in [-0.15, -0.1) is 0 Å². The molecule has 0 spiro atoms. The SMILES string of the molecule is CN1CCN(c2ccc(Cl)cc2-n2c(=O)[nH]c3cc(C(=O)O)ccc3c2=O)CC1. The summed E-state index contributed by atoms with van der Waals surface area (Å²) in [4.78, 5) is 44.1. The number of carboxylic acids is 1. The molecule has 0 atom stereocenters. The zero-order valence-corrected chi connectivity index (χ0v) is 16.4. The molecule has 2 aromatic carbocycles. The summed E-state index contributed by atoms with van der Waals surface area (Å²) in [6.07, 6.45) is 0. The zero-order valence-electron chi connectivity index (χ0n) is 15.7. The van der Waals surface area contributed by atoms with Gasteiger partial charge in [0.25, 0.3) is 5.56 Å². The molecule has 0 unspecified atom stereocenters. The van der Waals surface area contributed by atoms with E-state index in [1.54, 1.807) is 12.1 Å². The van der Waals surface area contributed by atoms with Crippen LogP contribution in [0, 0.1) is 0 Å². The predicted octanol–water partition coefficient (Wildman–Crippen LogP) is 1.78. The maximum atomic E-state index is 13.2. The molecule has 1 aliphatic heterocycles. The molecular weight excluding hydrogens is 396 g/mol. The standard InChI is InChI=1S/C20H19ClN4O4/c1-23-6-8-24(9-7-23)16-5-3-13(21)11-17(16)25-18(26)14-4-2-12(19(27)28)10-15(14)22-20(25)29/h2-5,10-11H,6-9H2,1H3,(H,22,29)(H,27,28). The van der Waals surface area contributed by atoms with E-state index in [0.29, 0.717) is 10.7 Å². The summed E-state index contributed by atoms with van der Waals surface area (Å²) in [6, 6.07) is 9.18. The van der Waals surface area contributed by atoms with Crippen LogP contribution in [-0.2, 0) is 0 Å². The highest BCUT2D eigenvalue weighted by molar-refractivity contribution is 6.30. The Labute approximate surface area is 170 Å². The number of rotatable bonds is 3. The summed E-state index contributed by atoms with van der Waals surface area (Å²) < 4.78 is 1.06. The smallest absolute Gasteiger partial charge is 0.335 e. The topological polar surface area (TPSA) is 98.6 Å². The zero-order chi connectivity index (χ0) is 20.7. The van der Waals surface area contributed by atoms with Crippen molar-refractivity contribution in [3.63, 3.8) is 0 Å². The van der Waals surface area contributed by atoms with Crippen LogP contribution in [0.25, 0.3) is 16.6 Å². The van der Waals surface area contributed by atoms with Gasteiger partial charge in [-0.3, -0.25) is 4.79 Å². The molecule has 0 radical (unpaired) electrons. The highest BCUT2D eigenvalue weighted by Crippen LogP contribution is 2.27. The molecule has 0 bridgehead atoms. The number of nitrogens with one attached hydrogen (secondary N) is 1. The number of benzene rings is 2. The first-order valence-corrected chi connectivity index (χ1v) is 9.49. The van der Waals surface area contributed by atoms with Crippen LogP contribution in [0.1, 0.15) is 10.4 Å². The van der Waals surface area contributed by atoms with Crippen LogP contribution in [-0.4, -0.2) is 58.8 Å². The van der Waals surface area contributed by atoms with Gasteiger partial charge in [0, 0.05) is 31.2 Å². The van der Waals surface area contributed by atoms with Gasteiger partial charge in [-0.2, -0.15) is 0 Å². The molecule has 2 N–H and O–H groups in total. The molecule has 0 amide bonds. The van der Waals surface area contributed by atoms with Gasteiger partial charge in [0.1, 0.15) is 0 Å². The minimum atomic E-state index is -1.14. The van der Waals surface area contributed by atoms with E-state index in [4.69, 9.17) is 16.7 Å². The number of aromatic nitrogens is 2. The van der Waals surface area contributed by atoms with E-state index in [0.717, 1.165) is 36.4 Å². The van der Waals surface area contributed by atoms with Crippen molar-refractivity contribution in [2.45, 2.75) is 0 Å². The first kappa shape index (κ1) is 19.2. The maximum Gasteiger partial charge on any atom is 0.335 e. The molecule has 4 rings (SSSR count). The second kappa shape index (κ2) is 7.38. The largest absolute Gasteiger partial charge is 0.478 e. The molecule has 2 heterocycles. The number of nitrogens with zero attached hydrogens (tertiary/aromatic N) is 3. The Morgan fingerprint density at radius 1 is 1.03 bits per heavy atom. The van der Waals surface area contributed by atoms with Crippen molar-refractivity contribution in [3.8, 4) is 5.69 Å². The number of halogens is 1. The minimum absolute atomic E-state index is 0.00817. The molecule has 1 aromatic heterocycles. The molecule has 8 nitrogen and oxygen atoms in total. The van der Waals surface area contributed by atoms with E-state index in [2.05, 4.69) is 14.8 Å². The fourth-order valence-corrected chi connectivity index (χ4v) is 3.73. The third-order valence-electron chi connectivity index (χ3n) is 5.17. The number of hydrogen-bond donors (Lipinski definition) is 2. The molecule has 9 heteroatoms. The van der Waals surface area contributed by atoms with E-state index in [9.17, 15) is 14.4 Å². The lowest BCUT2D eigenvalue weighted by Gasteiger charge is -2.35. The molecule has 0 aliphatic carbocycles. The van der Waals surface area contributed by atoms with Crippen LogP contribution in [0.4, 0.5) is 5.69 Å². The van der Waals surface area contributed by atoms with Gasteiger partial charge < -0.3 is 19.9 Å². The van der Waals surface area contributed by atoms with Gasteiger partial charge in [-0.25, -0.2) is 14.2 Å². The summed E-state index contributed by atoms with van der Waals surface area (Å²) in [6.45, 7) is 3.24. The molecule has 3 aromatic rings. The van der Waals surface area contributed by atoms with Crippen molar-refractivity contribution in [1.82, 2.24) is 14.5 Å². The van der Waals surface area contributed by atoms with E-state index in [-0.39, 0.29) is 16.5 Å². The number of fused-ring (bicyclic) bond motifs is 1. The van der Waals surface area contributed by atoms with Crippen molar-refractivity contribution >= 4 is 34.2 Å². The molecule has 29 heavy (non-hydrogen) atoms. The van der Waals surface area contributed by atoms with Crippen LogP contribution in [0.5, 0.6) is 0 Å². The lowest BCUT2D eigenvalue weighted by molar-refractivity contribution is 0.0697. The minimum Gasteiger partial charge on any atom is -0.478 e. The van der Waals surface area contributed by atoms with Crippen LogP contribution in [0.15, 0.2) is 46.0 Å². The molecule has 1 saturated heterocycles. The number of carboxylic acid groups (broad SMARTS) is 1. The van der Waals surface area contributed by atoms with Crippen LogP contribution >= 0.6 is 11.6 Å². The number of aromatic amines is 1. The highest BCUT2D eigenvalue weighted by atomic mass is 35.5. The predicted molar refractivity (Wildman–Crippen MR) is 112 cm³/mol. The first-order valence-electron chi connectivity index (χ1n) is 9.11. The monoisotopic (exact) mass is 414 g/mol. The Hall–Kier alpha value is -3.10. The number of anilines is 1. The summed E-state index contributed by atoms with van der Waals surface area (Å²) >= 11 is 6.19. The van der Waals surface area contributed by atoms with Gasteiger partial charge in [0.15, 0.2) is 0 Å². The van der Waals surface area contributed by atoms with Gasteiger partial charge in [0.2, 0.25) is 0 Å². The molecule has 1 aliphatic rings. The van der Waals surface area contributed by atoms with Crippen LogP contribution in [0.3, 0.4) is 0 Å². The van der Waals surface area contributed by atoms with E-state index >= 15 is 0 Å². The van der Waals surface area contributed by atoms with Crippen molar-refractivity contribution in [3.05, 3.63) is 67.8 Å². The Morgan fingerprint density at radius 3 is 2.45 bits per heavy atom. The molecule has 0 saturated carbocycles. The van der Waals surface area contributed by atoms with Gasteiger partial charge in [0.05, 0.1) is 27.8 Å². The molecule has 150 valence electrons. The Kier molecular flexibility index (Phi) is 4.89. The average molecular weight is 415 g/mol. The van der Waals surface area contributed by atoms with Crippen molar-refractivity contribution < 1.29 is 9.90 Å². The van der Waals surface area contributed by atoms with E-state index in [1.165, 1.54) is 18.2 Å². The summed E-state index contributed by atoms with van der Waals surface area (Å²) in [5.41, 5.74) is 0.139. The average Bonchev–Trinajstić information content (AvgIpc) is 2.68. The van der Waals surface area contributed by atoms with Crippen molar-refractivity contribution in [2.24, 2.45) is 0 Å². The fraction of sp³-hybridized carbons (Fsp3) is 0.250. The number of hydrogen-bond acceptors (Lipinski definition) is 5. The maximum absolute atomic E-state index is 13.2. The van der Waals surface area contributed by atoms with Gasteiger partial charge in [-0.1, -0.05) is 11.6 Å².